The quantitative estimate of drug-likeness (QED) is 0.821. The van der Waals surface area contributed by atoms with Crippen molar-refractivity contribution in [2.75, 3.05) is 36.1 Å². The van der Waals surface area contributed by atoms with E-state index in [0.717, 1.165) is 49.3 Å². The van der Waals surface area contributed by atoms with Gasteiger partial charge in [0.2, 0.25) is 0 Å². The van der Waals surface area contributed by atoms with Crippen LogP contribution in [0.3, 0.4) is 0 Å². The molecule has 0 aliphatic carbocycles. The van der Waals surface area contributed by atoms with Crippen LogP contribution in [0.15, 0.2) is 30.3 Å². The highest BCUT2D eigenvalue weighted by atomic mass is 16.5. The molecule has 5 nitrogen and oxygen atoms in total. The summed E-state index contributed by atoms with van der Waals surface area (Å²) in [4.78, 5) is 14.7. The predicted molar refractivity (Wildman–Crippen MR) is 106 cm³/mol. The monoisotopic (exact) mass is 352 g/mol. The van der Waals surface area contributed by atoms with Crippen LogP contribution in [-0.2, 0) is 4.74 Å². The summed E-state index contributed by atoms with van der Waals surface area (Å²) in [7, 11) is 0. The molecule has 5 heteroatoms. The Labute approximate surface area is 156 Å². The fourth-order valence-electron chi connectivity index (χ4n) is 4.10. The summed E-state index contributed by atoms with van der Waals surface area (Å²) in [6.07, 6.45) is 2.38. The lowest BCUT2D eigenvalue weighted by atomic mass is 10.1. The van der Waals surface area contributed by atoms with Crippen LogP contribution in [-0.4, -0.2) is 48.4 Å². The van der Waals surface area contributed by atoms with Gasteiger partial charge in [0.1, 0.15) is 11.6 Å². The molecule has 2 saturated heterocycles. The number of ether oxygens (including phenoxy) is 1. The van der Waals surface area contributed by atoms with Gasteiger partial charge in [0.15, 0.2) is 5.82 Å². The largest absolute Gasteiger partial charge is 0.377 e. The van der Waals surface area contributed by atoms with Gasteiger partial charge in [-0.15, -0.1) is 0 Å². The summed E-state index contributed by atoms with van der Waals surface area (Å²) in [5, 5.41) is 0. The maximum atomic E-state index is 5.76. The molecular weight excluding hydrogens is 324 g/mol. The van der Waals surface area contributed by atoms with Crippen LogP contribution in [0.5, 0.6) is 0 Å². The van der Waals surface area contributed by atoms with Crippen LogP contribution < -0.4 is 9.80 Å². The Balaban J connectivity index is 1.79. The van der Waals surface area contributed by atoms with Crippen LogP contribution in [0.25, 0.3) is 11.4 Å². The van der Waals surface area contributed by atoms with Crippen molar-refractivity contribution < 1.29 is 4.74 Å². The van der Waals surface area contributed by atoms with Crippen LogP contribution in [0, 0.1) is 6.92 Å². The summed E-state index contributed by atoms with van der Waals surface area (Å²) in [6.45, 7) is 9.95. The number of rotatable bonds is 5. The van der Waals surface area contributed by atoms with E-state index in [2.05, 4.69) is 60.9 Å². The third-order valence-corrected chi connectivity index (χ3v) is 5.60. The first kappa shape index (κ1) is 17.3. The van der Waals surface area contributed by atoms with Crippen molar-refractivity contribution in [1.82, 2.24) is 9.97 Å². The van der Waals surface area contributed by atoms with Gasteiger partial charge in [0.25, 0.3) is 0 Å². The second-order valence-electron chi connectivity index (χ2n) is 7.28. The molecule has 2 aliphatic heterocycles. The maximum Gasteiger partial charge on any atom is 0.163 e. The number of morpholine rings is 1. The minimum absolute atomic E-state index is 0.444. The molecule has 2 fully saturated rings. The molecule has 0 spiro atoms. The van der Waals surface area contributed by atoms with Crippen molar-refractivity contribution in [3.05, 3.63) is 35.9 Å². The standard InChI is InChI=1S/C21H28N4O/c1-4-24(5-2)19-12-20(25-17-10-11-18(25)14-26-13-17)23-21(22-19)16-8-6-15(3)7-9-16/h6-9,12,17-18H,4-5,10-11,13-14H2,1-3H3. The zero-order valence-electron chi connectivity index (χ0n) is 16.0. The lowest BCUT2D eigenvalue weighted by Gasteiger charge is -2.36. The molecule has 2 atom stereocenters. The van der Waals surface area contributed by atoms with Crippen molar-refractivity contribution in [3.63, 3.8) is 0 Å². The van der Waals surface area contributed by atoms with E-state index in [-0.39, 0.29) is 0 Å². The minimum Gasteiger partial charge on any atom is -0.377 e. The van der Waals surface area contributed by atoms with Crippen LogP contribution in [0.1, 0.15) is 32.3 Å². The summed E-state index contributed by atoms with van der Waals surface area (Å²) in [5.41, 5.74) is 2.33. The summed E-state index contributed by atoms with van der Waals surface area (Å²) in [6, 6.07) is 11.5. The Bertz CT molecular complexity index is 741. The van der Waals surface area contributed by atoms with Gasteiger partial charge in [0.05, 0.1) is 25.3 Å². The SMILES string of the molecule is CCN(CC)c1cc(N2C3CCC2COC3)nc(-c2ccc(C)cc2)n1. The van der Waals surface area contributed by atoms with E-state index in [1.54, 1.807) is 0 Å². The molecular formula is C21H28N4O. The van der Waals surface area contributed by atoms with Crippen LogP contribution >= 0.6 is 0 Å². The molecule has 1 aromatic carbocycles. The van der Waals surface area contributed by atoms with Gasteiger partial charge in [0, 0.05) is 24.7 Å². The smallest absolute Gasteiger partial charge is 0.163 e. The molecule has 0 radical (unpaired) electrons. The van der Waals surface area contributed by atoms with E-state index >= 15 is 0 Å². The van der Waals surface area contributed by atoms with E-state index in [9.17, 15) is 0 Å². The van der Waals surface area contributed by atoms with Crippen molar-refractivity contribution in [1.29, 1.82) is 0 Å². The summed E-state index contributed by atoms with van der Waals surface area (Å²) >= 11 is 0. The zero-order valence-corrected chi connectivity index (χ0v) is 16.0. The number of anilines is 2. The maximum absolute atomic E-state index is 5.76. The van der Waals surface area contributed by atoms with Gasteiger partial charge in [-0.05, 0) is 33.6 Å². The molecule has 0 amide bonds. The summed E-state index contributed by atoms with van der Waals surface area (Å²) < 4.78 is 5.76. The molecule has 2 aliphatic rings. The first-order valence-corrected chi connectivity index (χ1v) is 9.76. The molecule has 0 saturated carbocycles. The van der Waals surface area contributed by atoms with E-state index in [1.165, 1.54) is 18.4 Å². The fourth-order valence-corrected chi connectivity index (χ4v) is 4.10. The number of nitrogens with zero attached hydrogens (tertiary/aromatic N) is 4. The second-order valence-corrected chi connectivity index (χ2v) is 7.28. The van der Waals surface area contributed by atoms with Crippen molar-refractivity contribution in [3.8, 4) is 11.4 Å². The highest BCUT2D eigenvalue weighted by Crippen LogP contribution is 2.35. The van der Waals surface area contributed by atoms with Gasteiger partial charge in [-0.1, -0.05) is 29.8 Å². The second kappa shape index (κ2) is 7.23. The minimum atomic E-state index is 0.444. The van der Waals surface area contributed by atoms with Crippen molar-refractivity contribution in [2.45, 2.75) is 45.7 Å². The van der Waals surface area contributed by atoms with Crippen molar-refractivity contribution >= 4 is 11.6 Å². The van der Waals surface area contributed by atoms with Gasteiger partial charge in [-0.25, -0.2) is 9.97 Å². The Morgan fingerprint density at radius 2 is 1.69 bits per heavy atom. The number of benzene rings is 1. The molecule has 1 aromatic heterocycles. The zero-order chi connectivity index (χ0) is 18.1. The normalized spacial score (nSPS) is 21.9. The van der Waals surface area contributed by atoms with Gasteiger partial charge >= 0.3 is 0 Å². The molecule has 2 unspecified atom stereocenters. The number of hydrogen-bond acceptors (Lipinski definition) is 5. The van der Waals surface area contributed by atoms with E-state index in [4.69, 9.17) is 14.7 Å². The molecule has 2 bridgehead atoms. The third-order valence-electron chi connectivity index (χ3n) is 5.60. The van der Waals surface area contributed by atoms with Gasteiger partial charge in [-0.3, -0.25) is 0 Å². The molecule has 4 rings (SSSR count). The van der Waals surface area contributed by atoms with E-state index in [0.29, 0.717) is 12.1 Å². The highest BCUT2D eigenvalue weighted by molar-refractivity contribution is 5.63. The molecule has 138 valence electrons. The molecule has 3 heterocycles. The lowest BCUT2D eigenvalue weighted by Crippen LogP contribution is -2.46. The predicted octanol–water partition coefficient (Wildman–Crippen LogP) is 3.67. The Kier molecular flexibility index (Phi) is 4.81. The third kappa shape index (κ3) is 3.16. The Hall–Kier alpha value is -2.14. The van der Waals surface area contributed by atoms with E-state index < -0.39 is 0 Å². The van der Waals surface area contributed by atoms with Gasteiger partial charge in [-0.2, -0.15) is 0 Å². The highest BCUT2D eigenvalue weighted by Gasteiger charge is 2.38. The lowest BCUT2D eigenvalue weighted by molar-refractivity contribution is 0.0902. The molecule has 0 N–H and O–H groups in total. The van der Waals surface area contributed by atoms with E-state index in [1.807, 2.05) is 0 Å². The number of aromatic nitrogens is 2. The average Bonchev–Trinajstić information content (AvgIpc) is 2.92. The van der Waals surface area contributed by atoms with Crippen molar-refractivity contribution in [2.24, 2.45) is 0 Å². The van der Waals surface area contributed by atoms with Gasteiger partial charge < -0.3 is 14.5 Å². The number of fused-ring (bicyclic) bond motifs is 2. The molecule has 2 aromatic rings. The first-order chi connectivity index (χ1) is 12.7. The Morgan fingerprint density at radius 1 is 1.04 bits per heavy atom. The van der Waals surface area contributed by atoms with Crippen LogP contribution in [0.2, 0.25) is 0 Å². The number of hydrogen-bond donors (Lipinski definition) is 0. The first-order valence-electron chi connectivity index (χ1n) is 9.76. The summed E-state index contributed by atoms with van der Waals surface area (Å²) in [5.74, 6) is 2.88. The van der Waals surface area contributed by atoms with Crippen LogP contribution in [0.4, 0.5) is 11.6 Å². The number of aryl methyl sites for hydroxylation is 1. The molecule has 26 heavy (non-hydrogen) atoms. The topological polar surface area (TPSA) is 41.5 Å². The fraction of sp³-hybridized carbons (Fsp3) is 0.524. The Morgan fingerprint density at radius 3 is 2.31 bits per heavy atom. The average molecular weight is 352 g/mol.